The van der Waals surface area contributed by atoms with Gasteiger partial charge in [-0.05, 0) is 63.0 Å². The van der Waals surface area contributed by atoms with Crippen molar-refractivity contribution in [2.75, 3.05) is 19.6 Å². The van der Waals surface area contributed by atoms with Gasteiger partial charge in [-0.3, -0.25) is 14.3 Å². The van der Waals surface area contributed by atoms with Gasteiger partial charge in [0.25, 0.3) is 5.91 Å². The second-order valence-electron chi connectivity index (χ2n) is 10.7. The molecule has 0 bridgehead atoms. The minimum atomic E-state index is -4.46. The van der Waals surface area contributed by atoms with Gasteiger partial charge in [0.05, 0.1) is 35.1 Å². The number of likely N-dealkylation sites (tertiary alicyclic amines) is 2. The predicted octanol–water partition coefficient (Wildman–Crippen LogP) is 5.33. The smallest absolute Gasteiger partial charge is 0.342 e. The number of amides is 2. The Bertz CT molecular complexity index is 1160. The van der Waals surface area contributed by atoms with Gasteiger partial charge in [0.1, 0.15) is 0 Å². The zero-order valence-corrected chi connectivity index (χ0v) is 20.2. The third-order valence-corrected chi connectivity index (χ3v) is 8.22. The molecule has 2 aromatic rings. The van der Waals surface area contributed by atoms with Crippen molar-refractivity contribution >= 4 is 11.8 Å². The summed E-state index contributed by atoms with van der Waals surface area (Å²) in [7, 11) is 0. The Hall–Kier alpha value is -2.84. The molecule has 0 radical (unpaired) electrons. The number of alkyl halides is 3. The summed E-state index contributed by atoms with van der Waals surface area (Å²) in [5, 5.41) is 4.65. The van der Waals surface area contributed by atoms with Crippen molar-refractivity contribution in [3.05, 3.63) is 52.8 Å². The molecule has 9 heteroatoms. The summed E-state index contributed by atoms with van der Waals surface area (Å²) in [5.41, 5.74) is 0.969. The van der Waals surface area contributed by atoms with E-state index in [2.05, 4.69) is 5.10 Å². The highest BCUT2D eigenvalue weighted by atomic mass is 19.4. The standard InChI is InChI=1S/C27H31F3N4O2/c28-27(29,30)22-5-2-1-4-20(22)23-6-3-13-33(23)26(36)21-16-31-34(24(21)17-7-8-17)19-11-14-32(15-12-19)25(35)18-9-10-18/h1-2,4-5,16-19,23H,3,6-15H2. The second-order valence-corrected chi connectivity index (χ2v) is 10.7. The van der Waals surface area contributed by atoms with Crippen LogP contribution in [0.2, 0.25) is 0 Å². The van der Waals surface area contributed by atoms with E-state index in [1.54, 1.807) is 17.2 Å². The largest absolute Gasteiger partial charge is 0.416 e. The highest BCUT2D eigenvalue weighted by Crippen LogP contribution is 2.46. The molecule has 2 saturated carbocycles. The monoisotopic (exact) mass is 500 g/mol. The van der Waals surface area contributed by atoms with E-state index in [0.29, 0.717) is 38.0 Å². The van der Waals surface area contributed by atoms with Crippen molar-refractivity contribution in [3.8, 4) is 0 Å². The van der Waals surface area contributed by atoms with Crippen LogP contribution in [-0.4, -0.2) is 51.0 Å². The Labute approximate surface area is 208 Å². The number of carbonyl (C=O) groups is 2. The van der Waals surface area contributed by atoms with Crippen LogP contribution in [-0.2, 0) is 11.0 Å². The summed E-state index contributed by atoms with van der Waals surface area (Å²) in [6.07, 6.45) is 3.94. The van der Waals surface area contributed by atoms with Crippen molar-refractivity contribution < 1.29 is 22.8 Å². The molecule has 1 aromatic carbocycles. The van der Waals surface area contributed by atoms with Crippen LogP contribution < -0.4 is 0 Å². The average Bonchev–Trinajstić information content (AvgIpc) is 3.81. The molecule has 6 nitrogen and oxygen atoms in total. The maximum absolute atomic E-state index is 13.8. The van der Waals surface area contributed by atoms with Gasteiger partial charge in [-0.25, -0.2) is 0 Å². The number of benzene rings is 1. The Kier molecular flexibility index (Phi) is 5.84. The second kappa shape index (κ2) is 8.92. The van der Waals surface area contributed by atoms with E-state index in [1.165, 1.54) is 12.1 Å². The summed E-state index contributed by atoms with van der Waals surface area (Å²) in [5.74, 6) is 0.532. The number of aromatic nitrogens is 2. The van der Waals surface area contributed by atoms with Crippen LogP contribution in [0, 0.1) is 5.92 Å². The van der Waals surface area contributed by atoms with Gasteiger partial charge in [0.15, 0.2) is 0 Å². The fraction of sp³-hybridized carbons (Fsp3) is 0.593. The van der Waals surface area contributed by atoms with E-state index in [9.17, 15) is 22.8 Å². The number of hydrogen-bond donors (Lipinski definition) is 0. The molecule has 1 unspecified atom stereocenters. The van der Waals surface area contributed by atoms with Gasteiger partial charge in [0.2, 0.25) is 5.91 Å². The first kappa shape index (κ1) is 23.6. The summed E-state index contributed by atoms with van der Waals surface area (Å²) >= 11 is 0. The van der Waals surface area contributed by atoms with E-state index < -0.39 is 17.8 Å². The van der Waals surface area contributed by atoms with Crippen molar-refractivity contribution in [2.45, 2.75) is 75.5 Å². The van der Waals surface area contributed by atoms with Crippen LogP contribution >= 0.6 is 0 Å². The molecule has 2 amide bonds. The number of piperidine rings is 1. The van der Waals surface area contributed by atoms with E-state index in [-0.39, 0.29) is 35.3 Å². The molecule has 6 rings (SSSR count). The molecule has 0 spiro atoms. The Morgan fingerprint density at radius 1 is 0.917 bits per heavy atom. The number of rotatable bonds is 5. The van der Waals surface area contributed by atoms with Crippen LogP contribution in [0.4, 0.5) is 13.2 Å². The normalized spacial score (nSPS) is 23.4. The number of carbonyl (C=O) groups excluding carboxylic acids is 2. The predicted molar refractivity (Wildman–Crippen MR) is 126 cm³/mol. The summed E-state index contributed by atoms with van der Waals surface area (Å²) < 4.78 is 43.2. The molecular formula is C27H31F3N4O2. The van der Waals surface area contributed by atoms with Gasteiger partial charge in [-0.2, -0.15) is 18.3 Å². The highest BCUT2D eigenvalue weighted by Gasteiger charge is 2.42. The molecule has 4 aliphatic rings. The molecule has 3 heterocycles. The first-order chi connectivity index (χ1) is 17.3. The number of halogens is 3. The first-order valence-corrected chi connectivity index (χ1v) is 13.2. The SMILES string of the molecule is O=C(C1CC1)N1CCC(n2ncc(C(=O)N3CCCC3c3ccccc3C(F)(F)F)c2C2CC2)CC1. The fourth-order valence-corrected chi connectivity index (χ4v) is 6.04. The van der Waals surface area contributed by atoms with Gasteiger partial charge < -0.3 is 9.80 Å². The van der Waals surface area contributed by atoms with Crippen molar-refractivity contribution in [1.82, 2.24) is 19.6 Å². The van der Waals surface area contributed by atoms with Crippen LogP contribution in [0.1, 0.15) is 96.5 Å². The summed E-state index contributed by atoms with van der Waals surface area (Å²) in [4.78, 5) is 29.8. The third kappa shape index (κ3) is 4.30. The van der Waals surface area contributed by atoms with Gasteiger partial charge in [-0.15, -0.1) is 0 Å². The lowest BCUT2D eigenvalue weighted by Gasteiger charge is -2.33. The van der Waals surface area contributed by atoms with Crippen molar-refractivity contribution in [1.29, 1.82) is 0 Å². The zero-order chi connectivity index (χ0) is 25.0. The number of hydrogen-bond acceptors (Lipinski definition) is 3. The maximum Gasteiger partial charge on any atom is 0.416 e. The van der Waals surface area contributed by atoms with Crippen LogP contribution in [0.5, 0.6) is 0 Å². The molecular weight excluding hydrogens is 469 g/mol. The Morgan fingerprint density at radius 2 is 1.64 bits per heavy atom. The molecule has 36 heavy (non-hydrogen) atoms. The van der Waals surface area contributed by atoms with Crippen molar-refractivity contribution in [2.24, 2.45) is 5.92 Å². The van der Waals surface area contributed by atoms with Gasteiger partial charge in [0, 0.05) is 31.5 Å². The minimum Gasteiger partial charge on any atom is -0.342 e. The Morgan fingerprint density at radius 3 is 2.31 bits per heavy atom. The summed E-state index contributed by atoms with van der Waals surface area (Å²) in [6, 6.07) is 5.14. The lowest BCUT2D eigenvalue weighted by molar-refractivity contribution is -0.138. The molecule has 1 atom stereocenters. The van der Waals surface area contributed by atoms with E-state index in [0.717, 1.165) is 50.3 Å². The molecule has 192 valence electrons. The number of nitrogens with zero attached hydrogens (tertiary/aromatic N) is 4. The lowest BCUT2D eigenvalue weighted by Crippen LogP contribution is -2.40. The molecule has 4 fully saturated rings. The maximum atomic E-state index is 13.8. The fourth-order valence-electron chi connectivity index (χ4n) is 6.04. The van der Waals surface area contributed by atoms with E-state index in [4.69, 9.17) is 0 Å². The highest BCUT2D eigenvalue weighted by molar-refractivity contribution is 5.96. The van der Waals surface area contributed by atoms with Crippen LogP contribution in [0.25, 0.3) is 0 Å². The summed E-state index contributed by atoms with van der Waals surface area (Å²) in [6.45, 7) is 1.85. The first-order valence-electron chi connectivity index (χ1n) is 13.2. The minimum absolute atomic E-state index is 0.130. The topological polar surface area (TPSA) is 58.4 Å². The van der Waals surface area contributed by atoms with E-state index in [1.807, 2.05) is 9.58 Å². The third-order valence-electron chi connectivity index (χ3n) is 8.22. The lowest BCUT2D eigenvalue weighted by atomic mass is 9.97. The van der Waals surface area contributed by atoms with Crippen LogP contribution in [0.3, 0.4) is 0 Å². The molecule has 2 saturated heterocycles. The molecule has 2 aliphatic heterocycles. The Balaban J connectivity index is 1.24. The molecule has 2 aliphatic carbocycles. The molecule has 1 aromatic heterocycles. The molecule has 0 N–H and O–H groups in total. The quantitative estimate of drug-likeness (QED) is 0.558. The van der Waals surface area contributed by atoms with Crippen molar-refractivity contribution in [3.63, 3.8) is 0 Å². The van der Waals surface area contributed by atoms with Crippen LogP contribution in [0.15, 0.2) is 30.5 Å². The zero-order valence-electron chi connectivity index (χ0n) is 20.2. The van der Waals surface area contributed by atoms with Gasteiger partial charge in [-0.1, -0.05) is 18.2 Å². The van der Waals surface area contributed by atoms with Gasteiger partial charge >= 0.3 is 6.18 Å². The van der Waals surface area contributed by atoms with E-state index >= 15 is 0 Å². The average molecular weight is 501 g/mol.